The molecular weight excluding hydrogens is 636 g/mol. The number of anilines is 2. The molecule has 2 atom stereocenters. The predicted octanol–water partition coefficient (Wildman–Crippen LogP) is 4.31. The summed E-state index contributed by atoms with van der Waals surface area (Å²) in [5, 5.41) is 20.1. The number of halogens is 2. The van der Waals surface area contributed by atoms with E-state index in [9.17, 15) is 28.4 Å². The zero-order valence-corrected chi connectivity index (χ0v) is 27.9. The van der Waals surface area contributed by atoms with Gasteiger partial charge >= 0.3 is 5.91 Å². The molecule has 12 nitrogen and oxygen atoms in total. The number of fused-ring (bicyclic) bond motifs is 1. The van der Waals surface area contributed by atoms with Crippen LogP contribution in [0, 0.1) is 17.0 Å². The second kappa shape index (κ2) is 14.0. The summed E-state index contributed by atoms with van der Waals surface area (Å²) in [6.07, 6.45) is 7.24. The van der Waals surface area contributed by atoms with Crippen molar-refractivity contribution < 1.29 is 32.5 Å². The van der Waals surface area contributed by atoms with Gasteiger partial charge in [0.05, 0.1) is 23.4 Å². The summed E-state index contributed by atoms with van der Waals surface area (Å²) >= 11 is 0. The molecular formula is C35H47F2N7O5. The van der Waals surface area contributed by atoms with Gasteiger partial charge in [0, 0.05) is 69.6 Å². The van der Waals surface area contributed by atoms with Gasteiger partial charge in [0.25, 0.3) is 12.3 Å². The van der Waals surface area contributed by atoms with Crippen LogP contribution in [0.3, 0.4) is 0 Å². The van der Waals surface area contributed by atoms with E-state index in [-0.39, 0.29) is 42.9 Å². The first-order valence-corrected chi connectivity index (χ1v) is 17.9. The van der Waals surface area contributed by atoms with Crippen molar-refractivity contribution in [1.29, 1.82) is 0 Å². The molecule has 266 valence electrons. The number of rotatable bonds is 9. The molecule has 0 spiro atoms. The number of likely N-dealkylation sites (tertiary alicyclic amines) is 1. The Morgan fingerprint density at radius 1 is 0.980 bits per heavy atom. The van der Waals surface area contributed by atoms with Gasteiger partial charge in [-0.2, -0.15) is 5.10 Å². The molecule has 1 aliphatic carbocycles. The van der Waals surface area contributed by atoms with Gasteiger partial charge in [-0.05, 0) is 75.3 Å². The van der Waals surface area contributed by atoms with E-state index in [1.54, 1.807) is 16.9 Å². The highest BCUT2D eigenvalue weighted by atomic mass is 19.3. The number of piperidine rings is 3. The van der Waals surface area contributed by atoms with Crippen LogP contribution in [-0.2, 0) is 20.9 Å². The van der Waals surface area contributed by atoms with Crippen molar-refractivity contribution in [2.24, 2.45) is 11.8 Å². The zero-order valence-electron chi connectivity index (χ0n) is 27.9. The Balaban J connectivity index is 0.830. The molecule has 0 bridgehead atoms. The van der Waals surface area contributed by atoms with Crippen LogP contribution in [0.2, 0.25) is 0 Å². The molecule has 4 fully saturated rings. The van der Waals surface area contributed by atoms with Crippen molar-refractivity contribution in [3.05, 3.63) is 46.4 Å². The molecule has 1 aromatic heterocycles. The fourth-order valence-corrected chi connectivity index (χ4v) is 8.68. The molecule has 5 heterocycles. The lowest BCUT2D eigenvalue weighted by atomic mass is 9.85. The fourth-order valence-electron chi connectivity index (χ4n) is 8.68. The summed E-state index contributed by atoms with van der Waals surface area (Å²) in [7, 11) is 0. The van der Waals surface area contributed by atoms with Gasteiger partial charge in [-0.15, -0.1) is 0 Å². The van der Waals surface area contributed by atoms with Crippen LogP contribution in [0.25, 0.3) is 0 Å². The molecule has 2 aromatic rings. The normalized spacial score (nSPS) is 29.1. The number of nitrogens with two attached hydrogens (primary N) is 1. The third-order valence-electron chi connectivity index (χ3n) is 11.6. The van der Waals surface area contributed by atoms with Gasteiger partial charge in [0.1, 0.15) is 6.54 Å². The summed E-state index contributed by atoms with van der Waals surface area (Å²) in [6.45, 7) is 5.35. The van der Waals surface area contributed by atoms with E-state index >= 15 is 0 Å². The highest BCUT2D eigenvalue weighted by Crippen LogP contribution is 2.40. The maximum Gasteiger partial charge on any atom is 0.347 e. The van der Waals surface area contributed by atoms with Gasteiger partial charge < -0.3 is 25.5 Å². The van der Waals surface area contributed by atoms with Crippen LogP contribution in [-0.4, -0.2) is 88.5 Å². The predicted molar refractivity (Wildman–Crippen MR) is 177 cm³/mol. The number of nitrogens with one attached hydrogen (secondary N) is 1. The summed E-state index contributed by atoms with van der Waals surface area (Å²) in [4.78, 5) is 42.3. The highest BCUT2D eigenvalue weighted by Gasteiger charge is 2.50. The number of carbonyl (C=O) groups is 3. The second-order valence-corrected chi connectivity index (χ2v) is 14.7. The molecule has 3 saturated heterocycles. The minimum Gasteiger partial charge on any atom is -0.624 e. The molecule has 4 aliphatic heterocycles. The first-order chi connectivity index (χ1) is 23.6. The number of alkyl halides is 2. The number of aromatic nitrogens is 2. The minimum absolute atomic E-state index is 0.0617. The van der Waals surface area contributed by atoms with Crippen LogP contribution >= 0.6 is 0 Å². The quantitative estimate of drug-likeness (QED) is 0.224. The Kier molecular flexibility index (Phi) is 9.75. The van der Waals surface area contributed by atoms with E-state index in [2.05, 4.69) is 20.2 Å². The van der Waals surface area contributed by atoms with Gasteiger partial charge in [0.15, 0.2) is 11.7 Å². The number of nitrogens with zero attached hydrogens (tertiary/aromatic N) is 5. The van der Waals surface area contributed by atoms with Crippen LogP contribution in [0.5, 0.6) is 0 Å². The molecule has 14 heteroatoms. The average molecular weight is 684 g/mol. The summed E-state index contributed by atoms with van der Waals surface area (Å²) in [5.74, 6) is -0.616. The van der Waals surface area contributed by atoms with Crippen LogP contribution in [0.1, 0.15) is 98.3 Å². The number of carbonyl (C=O) groups excluding carboxylic acids is 3. The standard InChI is InChI=1S/C35H47F2N7O5/c36-33(37)32-28(38)19-43(40-32)24-6-4-22(5-7-24)18-41-14-12-25(13-15-41)49-21-23-10-16-42(17-11-23)29-3-1-2-26-27(29)20-44(48,35(26)47)30-8-9-31(45)39-34(30)46/h1-3,19,22-25,30,33H,4-18,20-21,38H2,(H,39,45,46). The van der Waals surface area contributed by atoms with Crippen LogP contribution in [0.4, 0.5) is 20.2 Å². The van der Waals surface area contributed by atoms with Gasteiger partial charge in [-0.25, -0.2) is 13.6 Å². The maximum absolute atomic E-state index is 13.8. The molecule has 1 saturated carbocycles. The number of hydrogen-bond donors (Lipinski definition) is 2. The fraction of sp³-hybridized carbons (Fsp3) is 0.657. The average Bonchev–Trinajstić information content (AvgIpc) is 3.62. The van der Waals surface area contributed by atoms with E-state index in [1.165, 1.54) is 0 Å². The Labute approximate surface area is 285 Å². The lowest BCUT2D eigenvalue weighted by molar-refractivity contribution is -0.825. The molecule has 3 N–H and O–H groups in total. The van der Waals surface area contributed by atoms with E-state index < -0.39 is 34.8 Å². The zero-order chi connectivity index (χ0) is 34.3. The number of hydroxylamine groups is 3. The van der Waals surface area contributed by atoms with Crippen molar-refractivity contribution in [1.82, 2.24) is 20.0 Å². The SMILES string of the molecule is Nc1cn(C2CCC(CN3CCC(OCC4CCN(c5cccc6c5C[N+]([O-])(C5CCC(=O)NC5=O)C6=O)CC4)CC3)CC2)nc1C(F)F. The largest absolute Gasteiger partial charge is 0.624 e. The van der Waals surface area contributed by atoms with Gasteiger partial charge in [0.2, 0.25) is 5.91 Å². The number of ether oxygens (including phenoxy) is 1. The van der Waals surface area contributed by atoms with E-state index in [1.807, 2.05) is 12.1 Å². The molecule has 7 rings (SSSR count). The third kappa shape index (κ3) is 6.97. The molecule has 1 aromatic carbocycles. The monoisotopic (exact) mass is 683 g/mol. The molecule has 0 radical (unpaired) electrons. The number of hydrogen-bond acceptors (Lipinski definition) is 9. The number of nitrogen functional groups attached to an aromatic ring is 1. The Bertz CT molecular complexity index is 1550. The Morgan fingerprint density at radius 2 is 1.71 bits per heavy atom. The lowest BCUT2D eigenvalue weighted by Crippen LogP contribution is -2.60. The van der Waals surface area contributed by atoms with E-state index in [4.69, 9.17) is 10.5 Å². The summed E-state index contributed by atoms with van der Waals surface area (Å²) < 4.78 is 33.0. The number of imide groups is 1. The second-order valence-electron chi connectivity index (χ2n) is 14.7. The summed E-state index contributed by atoms with van der Waals surface area (Å²) in [6, 6.07) is 4.47. The molecule has 3 amide bonds. The van der Waals surface area contributed by atoms with Gasteiger partial charge in [-0.1, -0.05) is 6.07 Å². The molecule has 2 unspecified atom stereocenters. The van der Waals surface area contributed by atoms with Crippen molar-refractivity contribution in [2.45, 2.75) is 95.4 Å². The van der Waals surface area contributed by atoms with Crippen molar-refractivity contribution in [3.63, 3.8) is 0 Å². The number of quaternary nitrogens is 1. The van der Waals surface area contributed by atoms with Crippen molar-refractivity contribution >= 4 is 29.1 Å². The van der Waals surface area contributed by atoms with E-state index in [0.717, 1.165) is 96.4 Å². The molecule has 5 aliphatic rings. The first kappa shape index (κ1) is 34.0. The number of amides is 3. The first-order valence-electron chi connectivity index (χ1n) is 17.9. The summed E-state index contributed by atoms with van der Waals surface area (Å²) in [5.41, 5.74) is 7.47. The van der Waals surface area contributed by atoms with E-state index in [0.29, 0.717) is 23.0 Å². The number of benzene rings is 1. The third-order valence-corrected chi connectivity index (χ3v) is 11.6. The van der Waals surface area contributed by atoms with Crippen LogP contribution in [0.15, 0.2) is 24.4 Å². The molecule has 49 heavy (non-hydrogen) atoms. The highest BCUT2D eigenvalue weighted by molar-refractivity contribution is 6.02. The van der Waals surface area contributed by atoms with Crippen molar-refractivity contribution in [3.8, 4) is 0 Å². The lowest BCUT2D eigenvalue weighted by Gasteiger charge is -2.42. The van der Waals surface area contributed by atoms with Crippen LogP contribution < -0.4 is 16.0 Å². The van der Waals surface area contributed by atoms with Crippen molar-refractivity contribution in [2.75, 3.05) is 50.0 Å². The minimum atomic E-state index is -2.65. The Hall–Kier alpha value is -3.46. The topological polar surface area (TPSA) is 146 Å². The smallest absolute Gasteiger partial charge is 0.347 e. The maximum atomic E-state index is 13.8. The van der Waals surface area contributed by atoms with Gasteiger partial charge in [-0.3, -0.25) is 24.2 Å². The Morgan fingerprint density at radius 3 is 2.39 bits per heavy atom.